The second kappa shape index (κ2) is 7.24. The molecule has 22 heavy (non-hydrogen) atoms. The van der Waals surface area contributed by atoms with Crippen LogP contribution < -0.4 is 10.9 Å². The lowest BCUT2D eigenvalue weighted by Gasteiger charge is -2.26. The molecule has 2 aromatic rings. The zero-order valence-electron chi connectivity index (χ0n) is 12.5. The van der Waals surface area contributed by atoms with E-state index in [2.05, 4.69) is 10.3 Å². The second-order valence-corrected chi connectivity index (χ2v) is 5.56. The lowest BCUT2D eigenvalue weighted by Crippen LogP contribution is -2.34. The van der Waals surface area contributed by atoms with Crippen LogP contribution in [0.1, 0.15) is 22.0 Å². The molecule has 0 saturated carbocycles. The standard InChI is InChI=1S/C16H18ClN3O2/c1-20(2)14(12-5-3-4-6-13(12)17)10-19-16(22)11-7-8-15(21)18-9-11/h3-9,14H,10H2,1-2H3,(H,18,21)(H,19,22). The third-order valence-electron chi connectivity index (χ3n) is 3.39. The van der Waals surface area contributed by atoms with E-state index in [0.717, 1.165) is 5.56 Å². The summed E-state index contributed by atoms with van der Waals surface area (Å²) in [6, 6.07) is 10.3. The van der Waals surface area contributed by atoms with Crippen molar-refractivity contribution in [1.82, 2.24) is 15.2 Å². The fourth-order valence-electron chi connectivity index (χ4n) is 2.16. The number of hydrogen-bond donors (Lipinski definition) is 2. The Balaban J connectivity index is 2.10. The van der Waals surface area contributed by atoms with Gasteiger partial charge in [0, 0.05) is 23.8 Å². The van der Waals surface area contributed by atoms with Gasteiger partial charge in [-0.25, -0.2) is 0 Å². The predicted octanol–water partition coefficient (Wildman–Crippen LogP) is 2.06. The highest BCUT2D eigenvalue weighted by Gasteiger charge is 2.18. The van der Waals surface area contributed by atoms with Crippen LogP contribution >= 0.6 is 11.6 Å². The number of amides is 1. The molecule has 1 aromatic carbocycles. The maximum absolute atomic E-state index is 12.1. The predicted molar refractivity (Wildman–Crippen MR) is 87.3 cm³/mol. The smallest absolute Gasteiger partial charge is 0.252 e. The van der Waals surface area contributed by atoms with Gasteiger partial charge >= 0.3 is 0 Å². The number of halogens is 1. The van der Waals surface area contributed by atoms with Gasteiger partial charge < -0.3 is 15.2 Å². The minimum absolute atomic E-state index is 0.0413. The van der Waals surface area contributed by atoms with Crippen LogP contribution in [-0.2, 0) is 0 Å². The minimum atomic E-state index is -0.241. The van der Waals surface area contributed by atoms with Crippen molar-refractivity contribution in [2.24, 2.45) is 0 Å². The SMILES string of the molecule is CN(C)C(CNC(=O)c1ccc(=O)[nH]c1)c1ccccc1Cl. The molecule has 6 heteroatoms. The third-order valence-corrected chi connectivity index (χ3v) is 3.73. The van der Waals surface area contributed by atoms with Crippen molar-refractivity contribution in [2.45, 2.75) is 6.04 Å². The molecule has 1 unspecified atom stereocenters. The molecule has 0 aliphatic carbocycles. The maximum atomic E-state index is 12.1. The average Bonchev–Trinajstić information content (AvgIpc) is 2.49. The summed E-state index contributed by atoms with van der Waals surface area (Å²) in [6.45, 7) is 0.411. The molecule has 1 amide bonds. The van der Waals surface area contributed by atoms with Crippen LogP contribution in [0.4, 0.5) is 0 Å². The molecule has 0 saturated heterocycles. The normalized spacial score (nSPS) is 12.2. The van der Waals surface area contributed by atoms with Crippen LogP contribution in [0.5, 0.6) is 0 Å². The van der Waals surface area contributed by atoms with E-state index in [4.69, 9.17) is 11.6 Å². The van der Waals surface area contributed by atoms with Crippen molar-refractivity contribution in [3.05, 3.63) is 69.1 Å². The van der Waals surface area contributed by atoms with Gasteiger partial charge in [0.2, 0.25) is 5.56 Å². The first-order valence-corrected chi connectivity index (χ1v) is 7.24. The van der Waals surface area contributed by atoms with Crippen molar-refractivity contribution in [2.75, 3.05) is 20.6 Å². The molecule has 1 atom stereocenters. The van der Waals surface area contributed by atoms with Gasteiger partial charge in [-0.2, -0.15) is 0 Å². The Kier molecular flexibility index (Phi) is 5.35. The molecule has 2 rings (SSSR count). The van der Waals surface area contributed by atoms with Crippen molar-refractivity contribution in [3.8, 4) is 0 Å². The molecule has 0 fully saturated rings. The van der Waals surface area contributed by atoms with Gasteiger partial charge in [-0.1, -0.05) is 29.8 Å². The van der Waals surface area contributed by atoms with Gasteiger partial charge in [-0.3, -0.25) is 9.59 Å². The lowest BCUT2D eigenvalue weighted by molar-refractivity contribution is 0.0941. The highest BCUT2D eigenvalue weighted by atomic mass is 35.5. The molecule has 0 aliphatic rings. The van der Waals surface area contributed by atoms with E-state index in [-0.39, 0.29) is 17.5 Å². The van der Waals surface area contributed by atoms with Crippen molar-refractivity contribution < 1.29 is 4.79 Å². The van der Waals surface area contributed by atoms with Gasteiger partial charge in [0.15, 0.2) is 0 Å². The first-order valence-electron chi connectivity index (χ1n) is 6.87. The van der Waals surface area contributed by atoms with Crippen LogP contribution in [-0.4, -0.2) is 36.4 Å². The summed E-state index contributed by atoms with van der Waals surface area (Å²) < 4.78 is 0. The van der Waals surface area contributed by atoms with Crippen molar-refractivity contribution in [1.29, 1.82) is 0 Å². The maximum Gasteiger partial charge on any atom is 0.252 e. The summed E-state index contributed by atoms with van der Waals surface area (Å²) in [6.07, 6.45) is 1.40. The van der Waals surface area contributed by atoms with Crippen LogP contribution in [0, 0.1) is 0 Å². The molecule has 0 spiro atoms. The van der Waals surface area contributed by atoms with E-state index < -0.39 is 0 Å². The number of H-pyrrole nitrogens is 1. The number of benzene rings is 1. The Morgan fingerprint density at radius 2 is 2.00 bits per heavy atom. The van der Waals surface area contributed by atoms with Crippen LogP contribution in [0.3, 0.4) is 0 Å². The summed E-state index contributed by atoms with van der Waals surface area (Å²) in [5, 5.41) is 3.53. The quantitative estimate of drug-likeness (QED) is 0.886. The van der Waals surface area contributed by atoms with Crippen LogP contribution in [0.25, 0.3) is 0 Å². The first-order chi connectivity index (χ1) is 10.5. The van der Waals surface area contributed by atoms with Crippen LogP contribution in [0.2, 0.25) is 5.02 Å². The highest BCUT2D eigenvalue weighted by molar-refractivity contribution is 6.31. The monoisotopic (exact) mass is 319 g/mol. The molecule has 0 radical (unpaired) electrons. The number of likely N-dealkylation sites (N-methyl/N-ethyl adjacent to an activating group) is 1. The van der Waals surface area contributed by atoms with E-state index in [1.165, 1.54) is 18.3 Å². The van der Waals surface area contributed by atoms with Gasteiger partial charge in [-0.15, -0.1) is 0 Å². The molecular weight excluding hydrogens is 302 g/mol. The Hall–Kier alpha value is -2.11. The van der Waals surface area contributed by atoms with Gasteiger partial charge in [0.05, 0.1) is 11.6 Å². The Morgan fingerprint density at radius 1 is 1.27 bits per heavy atom. The Bertz CT molecular complexity index is 692. The Morgan fingerprint density at radius 3 is 2.59 bits per heavy atom. The topological polar surface area (TPSA) is 65.2 Å². The lowest BCUT2D eigenvalue weighted by atomic mass is 10.1. The van der Waals surface area contributed by atoms with Crippen LogP contribution in [0.15, 0.2) is 47.4 Å². The van der Waals surface area contributed by atoms with Gasteiger partial charge in [0.1, 0.15) is 0 Å². The van der Waals surface area contributed by atoms with E-state index in [9.17, 15) is 9.59 Å². The number of hydrogen-bond acceptors (Lipinski definition) is 3. The molecule has 0 aliphatic heterocycles. The number of pyridine rings is 1. The summed E-state index contributed by atoms with van der Waals surface area (Å²) in [5.74, 6) is -0.241. The first kappa shape index (κ1) is 16.3. The number of carbonyl (C=O) groups excluding carboxylic acids is 1. The summed E-state index contributed by atoms with van der Waals surface area (Å²) in [4.78, 5) is 27.6. The number of nitrogens with one attached hydrogen (secondary N) is 2. The summed E-state index contributed by atoms with van der Waals surface area (Å²) in [7, 11) is 3.86. The van der Waals surface area contributed by atoms with Crippen molar-refractivity contribution in [3.63, 3.8) is 0 Å². The van der Waals surface area contributed by atoms with E-state index >= 15 is 0 Å². The van der Waals surface area contributed by atoms with Gasteiger partial charge in [0.25, 0.3) is 5.91 Å². The number of aromatic nitrogens is 1. The summed E-state index contributed by atoms with van der Waals surface area (Å²) in [5.41, 5.74) is 1.13. The minimum Gasteiger partial charge on any atom is -0.350 e. The fourth-order valence-corrected chi connectivity index (χ4v) is 2.42. The Labute approximate surface area is 133 Å². The molecular formula is C16H18ClN3O2. The van der Waals surface area contributed by atoms with Gasteiger partial charge in [-0.05, 0) is 31.8 Å². The molecule has 116 valence electrons. The zero-order chi connectivity index (χ0) is 16.1. The molecule has 1 aromatic heterocycles. The molecule has 5 nitrogen and oxygen atoms in total. The van der Waals surface area contributed by atoms with Crippen molar-refractivity contribution >= 4 is 17.5 Å². The number of rotatable bonds is 5. The number of nitrogens with zero attached hydrogens (tertiary/aromatic N) is 1. The van der Waals surface area contributed by atoms with E-state index in [1.54, 1.807) is 0 Å². The van der Waals surface area contributed by atoms with E-state index in [0.29, 0.717) is 17.1 Å². The number of carbonyl (C=O) groups is 1. The highest BCUT2D eigenvalue weighted by Crippen LogP contribution is 2.25. The summed E-state index contributed by atoms with van der Waals surface area (Å²) >= 11 is 6.23. The second-order valence-electron chi connectivity index (χ2n) is 5.15. The largest absolute Gasteiger partial charge is 0.350 e. The molecule has 0 bridgehead atoms. The molecule has 1 heterocycles. The van der Waals surface area contributed by atoms with E-state index in [1.807, 2.05) is 43.3 Å². The molecule has 2 N–H and O–H groups in total. The third kappa shape index (κ3) is 3.96. The average molecular weight is 320 g/mol. The number of aromatic amines is 1. The fraction of sp³-hybridized carbons (Fsp3) is 0.250. The zero-order valence-corrected chi connectivity index (χ0v) is 13.2.